The highest BCUT2D eigenvalue weighted by Gasteiger charge is 2.32. The van der Waals surface area contributed by atoms with Gasteiger partial charge in [0.25, 0.3) is 5.91 Å². The molecule has 10 heteroatoms. The first-order valence-corrected chi connectivity index (χ1v) is 10.2. The van der Waals surface area contributed by atoms with Crippen LogP contribution >= 0.6 is 22.9 Å². The van der Waals surface area contributed by atoms with Gasteiger partial charge in [-0.3, -0.25) is 4.79 Å². The molecular formula is C18H23ClN4O4S. The van der Waals surface area contributed by atoms with E-state index in [2.05, 4.69) is 20.2 Å². The van der Waals surface area contributed by atoms with Crippen molar-refractivity contribution in [1.29, 1.82) is 0 Å². The van der Waals surface area contributed by atoms with Gasteiger partial charge in [0.15, 0.2) is 11.0 Å². The first-order chi connectivity index (χ1) is 13.3. The van der Waals surface area contributed by atoms with Crippen LogP contribution in [0.25, 0.3) is 0 Å². The molecule has 0 unspecified atom stereocenters. The molecule has 28 heavy (non-hydrogen) atoms. The largest absolute Gasteiger partial charge is 0.478 e. The second kappa shape index (κ2) is 8.50. The van der Waals surface area contributed by atoms with E-state index in [4.69, 9.17) is 16.3 Å². The predicted molar refractivity (Wildman–Crippen MR) is 108 cm³/mol. The lowest BCUT2D eigenvalue weighted by atomic mass is 10.0. The Balaban J connectivity index is 1.68. The molecule has 2 aromatic heterocycles. The number of ether oxygens (including phenoxy) is 1. The molecule has 1 aliphatic heterocycles. The van der Waals surface area contributed by atoms with Gasteiger partial charge >= 0.3 is 5.97 Å². The molecule has 3 heterocycles. The number of hydrogen-bond acceptors (Lipinski definition) is 6. The number of aromatic nitrogens is 2. The number of carboxylic acid groups (broad SMARTS) is 1. The van der Waals surface area contributed by atoms with Crippen molar-refractivity contribution in [2.75, 3.05) is 25.1 Å². The van der Waals surface area contributed by atoms with Crippen LogP contribution in [-0.2, 0) is 11.2 Å². The molecule has 0 aromatic carbocycles. The second-order valence-corrected chi connectivity index (χ2v) is 8.25. The van der Waals surface area contributed by atoms with E-state index in [1.807, 2.05) is 6.92 Å². The maximum atomic E-state index is 12.5. The number of imidazole rings is 1. The summed E-state index contributed by atoms with van der Waals surface area (Å²) in [5, 5.41) is 13.4. The van der Waals surface area contributed by atoms with Crippen LogP contribution in [0.3, 0.4) is 0 Å². The summed E-state index contributed by atoms with van der Waals surface area (Å²) < 4.78 is 5.60. The van der Waals surface area contributed by atoms with Crippen LogP contribution in [0.1, 0.15) is 44.9 Å². The van der Waals surface area contributed by atoms with E-state index in [9.17, 15) is 14.7 Å². The highest BCUT2D eigenvalue weighted by atomic mass is 35.5. The molecule has 2 aromatic rings. The minimum atomic E-state index is -0.922. The Morgan fingerprint density at radius 3 is 2.86 bits per heavy atom. The van der Waals surface area contributed by atoms with Crippen LogP contribution in [0.5, 0.6) is 0 Å². The summed E-state index contributed by atoms with van der Waals surface area (Å²) in [5.74, 6) is -1.05. The van der Waals surface area contributed by atoms with Gasteiger partial charge in [0.05, 0.1) is 28.4 Å². The first-order valence-electron chi connectivity index (χ1n) is 9.00. The first kappa shape index (κ1) is 20.6. The van der Waals surface area contributed by atoms with Crippen molar-refractivity contribution in [3.63, 3.8) is 0 Å². The molecule has 0 radical (unpaired) electrons. The number of aromatic carboxylic acids is 1. The molecule has 0 aliphatic carbocycles. The Kier molecular flexibility index (Phi) is 6.26. The Hall–Kier alpha value is -2.10. The van der Waals surface area contributed by atoms with Crippen molar-refractivity contribution in [2.45, 2.75) is 38.8 Å². The number of aryl methyl sites for hydroxylation is 2. The highest BCUT2D eigenvalue weighted by Crippen LogP contribution is 2.32. The molecule has 3 rings (SSSR count). The number of rotatable bonds is 6. The standard InChI is InChI=1S/C18H23ClN4O4S/c1-4-11-15(19)22-16(20-11)17(24)21-12-5-6-23(8-13(12)27-3)14-7-10(18(25)26)9(2)28-14/h7,12-13H,4-6,8H2,1-3H3,(H,20,22)(H,21,24)(H,25,26)/t12-,13+/m0/s1. The summed E-state index contributed by atoms with van der Waals surface area (Å²) in [6.07, 6.45) is 1.10. The van der Waals surface area contributed by atoms with Crippen molar-refractivity contribution in [3.05, 3.63) is 33.2 Å². The lowest BCUT2D eigenvalue weighted by Crippen LogP contribution is -2.55. The maximum absolute atomic E-state index is 12.5. The minimum absolute atomic E-state index is 0.178. The average molecular weight is 427 g/mol. The lowest BCUT2D eigenvalue weighted by molar-refractivity contribution is 0.0539. The Labute approximate surface area is 171 Å². The number of carbonyl (C=O) groups is 2. The summed E-state index contributed by atoms with van der Waals surface area (Å²) in [6.45, 7) is 4.97. The van der Waals surface area contributed by atoms with E-state index in [1.54, 1.807) is 20.1 Å². The number of anilines is 1. The summed E-state index contributed by atoms with van der Waals surface area (Å²) in [5.41, 5.74) is 1.05. The molecule has 0 saturated carbocycles. The zero-order chi connectivity index (χ0) is 20.4. The van der Waals surface area contributed by atoms with Crippen molar-refractivity contribution < 1.29 is 19.4 Å². The third-order valence-electron chi connectivity index (χ3n) is 4.92. The molecule has 3 N–H and O–H groups in total. The van der Waals surface area contributed by atoms with Gasteiger partial charge in [-0.05, 0) is 25.8 Å². The SMILES string of the molecule is CCc1[nH]c(C(=O)N[C@H]2CCN(c3cc(C(=O)O)c(C)s3)C[C@H]2OC)nc1Cl. The van der Waals surface area contributed by atoms with Crippen LogP contribution in [-0.4, -0.2) is 59.3 Å². The van der Waals surface area contributed by atoms with Gasteiger partial charge in [-0.25, -0.2) is 9.78 Å². The van der Waals surface area contributed by atoms with E-state index >= 15 is 0 Å². The molecule has 1 aliphatic rings. The van der Waals surface area contributed by atoms with Gasteiger partial charge in [0.1, 0.15) is 0 Å². The van der Waals surface area contributed by atoms with Crippen molar-refractivity contribution >= 4 is 39.8 Å². The topological polar surface area (TPSA) is 108 Å². The zero-order valence-corrected chi connectivity index (χ0v) is 17.5. The Morgan fingerprint density at radius 1 is 1.54 bits per heavy atom. The van der Waals surface area contributed by atoms with Crippen LogP contribution < -0.4 is 10.2 Å². The highest BCUT2D eigenvalue weighted by molar-refractivity contribution is 7.16. The number of amides is 1. The molecule has 1 amide bonds. The number of thiophene rings is 1. The maximum Gasteiger partial charge on any atom is 0.336 e. The number of aromatic amines is 1. The summed E-state index contributed by atoms with van der Waals surface area (Å²) in [7, 11) is 1.61. The molecule has 8 nitrogen and oxygen atoms in total. The fourth-order valence-corrected chi connectivity index (χ4v) is 4.63. The number of carbonyl (C=O) groups excluding carboxylic acids is 1. The van der Waals surface area contributed by atoms with Crippen molar-refractivity contribution in [2.24, 2.45) is 0 Å². The molecule has 1 fully saturated rings. The number of piperidine rings is 1. The Bertz CT molecular complexity index is 881. The Morgan fingerprint density at radius 2 is 2.29 bits per heavy atom. The van der Waals surface area contributed by atoms with E-state index in [-0.39, 0.29) is 23.9 Å². The predicted octanol–water partition coefficient (Wildman–Crippen LogP) is 2.72. The monoisotopic (exact) mass is 426 g/mol. The van der Waals surface area contributed by atoms with Gasteiger partial charge in [0, 0.05) is 25.1 Å². The summed E-state index contributed by atoms with van der Waals surface area (Å²) in [6, 6.07) is 1.52. The normalized spacial score (nSPS) is 19.6. The van der Waals surface area contributed by atoms with Crippen LogP contribution in [0.4, 0.5) is 5.00 Å². The van der Waals surface area contributed by atoms with Crippen molar-refractivity contribution in [3.8, 4) is 0 Å². The second-order valence-electron chi connectivity index (χ2n) is 6.66. The van der Waals surface area contributed by atoms with Gasteiger partial charge in [-0.2, -0.15) is 0 Å². The number of nitrogens with zero attached hydrogens (tertiary/aromatic N) is 2. The molecule has 0 bridgehead atoms. The van der Waals surface area contributed by atoms with E-state index in [0.29, 0.717) is 36.6 Å². The number of carboxylic acids is 1. The molecule has 2 atom stereocenters. The molecule has 0 spiro atoms. The van der Waals surface area contributed by atoms with Gasteiger partial charge in [0.2, 0.25) is 0 Å². The minimum Gasteiger partial charge on any atom is -0.478 e. The number of methoxy groups -OCH3 is 1. The number of H-pyrrole nitrogens is 1. The van der Waals surface area contributed by atoms with E-state index < -0.39 is 5.97 Å². The fraction of sp³-hybridized carbons (Fsp3) is 0.500. The number of nitrogens with one attached hydrogen (secondary N) is 2. The average Bonchev–Trinajstić information content (AvgIpc) is 3.24. The lowest BCUT2D eigenvalue weighted by Gasteiger charge is -2.38. The van der Waals surface area contributed by atoms with Crippen molar-refractivity contribution in [1.82, 2.24) is 15.3 Å². The smallest absolute Gasteiger partial charge is 0.336 e. The zero-order valence-electron chi connectivity index (χ0n) is 15.9. The van der Waals surface area contributed by atoms with E-state index in [1.165, 1.54) is 11.3 Å². The third-order valence-corrected chi connectivity index (χ3v) is 6.35. The summed E-state index contributed by atoms with van der Waals surface area (Å²) >= 11 is 7.47. The number of halogens is 1. The summed E-state index contributed by atoms with van der Waals surface area (Å²) in [4.78, 5) is 33.7. The quantitative estimate of drug-likeness (QED) is 0.655. The molecular weight excluding hydrogens is 404 g/mol. The van der Waals surface area contributed by atoms with Gasteiger partial charge in [-0.15, -0.1) is 11.3 Å². The third kappa shape index (κ3) is 4.16. The van der Waals surface area contributed by atoms with Gasteiger partial charge in [-0.1, -0.05) is 18.5 Å². The van der Waals surface area contributed by atoms with Crippen LogP contribution in [0, 0.1) is 6.92 Å². The van der Waals surface area contributed by atoms with E-state index in [0.717, 1.165) is 15.6 Å². The number of hydrogen-bond donors (Lipinski definition) is 3. The molecule has 1 saturated heterocycles. The fourth-order valence-electron chi connectivity index (χ4n) is 3.32. The van der Waals surface area contributed by atoms with Gasteiger partial charge < -0.3 is 25.0 Å². The van der Waals surface area contributed by atoms with Crippen LogP contribution in [0.2, 0.25) is 5.15 Å². The van der Waals surface area contributed by atoms with Crippen LogP contribution in [0.15, 0.2) is 6.07 Å². The molecule has 152 valence electrons.